The van der Waals surface area contributed by atoms with Crippen LogP contribution >= 0.6 is 11.6 Å². The molecule has 21 heavy (non-hydrogen) atoms. The second-order valence-corrected chi connectivity index (χ2v) is 6.41. The van der Waals surface area contributed by atoms with Crippen molar-refractivity contribution in [1.29, 1.82) is 0 Å². The fraction of sp³-hybridized carbons (Fsp3) is 0.0714. The molecule has 0 atom stereocenters. The number of carbonyl (C=O) groups is 1. The van der Waals surface area contributed by atoms with Crippen molar-refractivity contribution >= 4 is 33.3 Å². The molecule has 0 saturated heterocycles. The average molecular weight is 326 g/mol. The molecule has 2 aromatic rings. The van der Waals surface area contributed by atoms with Gasteiger partial charge in [-0.1, -0.05) is 23.7 Å². The first-order chi connectivity index (χ1) is 9.81. The molecule has 5 nitrogen and oxygen atoms in total. The first-order valence-corrected chi connectivity index (χ1v) is 7.78. The summed E-state index contributed by atoms with van der Waals surface area (Å²) < 4.78 is 27.0. The summed E-state index contributed by atoms with van der Waals surface area (Å²) in [6, 6.07) is 10.1. The normalized spacial score (nSPS) is 11.1. The summed E-state index contributed by atoms with van der Waals surface area (Å²) >= 11 is 5.92. The van der Waals surface area contributed by atoms with E-state index in [4.69, 9.17) is 16.7 Å². The van der Waals surface area contributed by atoms with Gasteiger partial charge in [-0.05, 0) is 42.8 Å². The third-order valence-corrected chi connectivity index (χ3v) is 4.80. The van der Waals surface area contributed by atoms with Gasteiger partial charge < -0.3 is 5.11 Å². The van der Waals surface area contributed by atoms with Crippen LogP contribution in [0.5, 0.6) is 0 Å². The van der Waals surface area contributed by atoms with E-state index in [1.54, 1.807) is 13.0 Å². The molecular weight excluding hydrogens is 314 g/mol. The molecule has 0 aliphatic carbocycles. The molecule has 0 bridgehead atoms. The zero-order valence-corrected chi connectivity index (χ0v) is 12.6. The van der Waals surface area contributed by atoms with Crippen LogP contribution in [-0.2, 0) is 10.0 Å². The maximum absolute atomic E-state index is 12.3. The van der Waals surface area contributed by atoms with Gasteiger partial charge in [0.15, 0.2) is 0 Å². The van der Waals surface area contributed by atoms with E-state index in [1.807, 2.05) is 0 Å². The van der Waals surface area contributed by atoms with E-state index in [0.29, 0.717) is 10.6 Å². The summed E-state index contributed by atoms with van der Waals surface area (Å²) in [4.78, 5) is 10.9. The lowest BCUT2D eigenvalue weighted by atomic mass is 10.2. The second-order valence-electron chi connectivity index (χ2n) is 4.35. The molecular formula is C14H12ClNO4S. The highest BCUT2D eigenvalue weighted by atomic mass is 35.5. The largest absolute Gasteiger partial charge is 0.478 e. The molecule has 0 fully saturated rings. The van der Waals surface area contributed by atoms with Crippen LogP contribution in [0.25, 0.3) is 0 Å². The number of hydrogen-bond donors (Lipinski definition) is 2. The highest BCUT2D eigenvalue weighted by Gasteiger charge is 2.18. The lowest BCUT2D eigenvalue weighted by Gasteiger charge is -2.11. The molecule has 0 aliphatic rings. The van der Waals surface area contributed by atoms with E-state index >= 15 is 0 Å². The van der Waals surface area contributed by atoms with Crippen molar-refractivity contribution in [3.8, 4) is 0 Å². The van der Waals surface area contributed by atoms with E-state index in [1.165, 1.54) is 36.4 Å². The van der Waals surface area contributed by atoms with E-state index in [2.05, 4.69) is 4.72 Å². The Hall–Kier alpha value is -2.05. The van der Waals surface area contributed by atoms with Crippen molar-refractivity contribution in [1.82, 2.24) is 0 Å². The number of benzene rings is 2. The van der Waals surface area contributed by atoms with Crippen LogP contribution in [0.4, 0.5) is 5.69 Å². The van der Waals surface area contributed by atoms with Crippen molar-refractivity contribution in [2.75, 3.05) is 4.72 Å². The summed E-state index contributed by atoms with van der Waals surface area (Å²) in [6.07, 6.45) is 0. The van der Waals surface area contributed by atoms with Gasteiger partial charge in [0.2, 0.25) is 0 Å². The summed E-state index contributed by atoms with van der Waals surface area (Å²) in [5.74, 6) is -1.13. The third-order valence-electron chi connectivity index (χ3n) is 2.87. The number of halogens is 1. The van der Waals surface area contributed by atoms with Crippen LogP contribution in [0.1, 0.15) is 15.9 Å². The lowest BCUT2D eigenvalue weighted by molar-refractivity contribution is 0.0697. The average Bonchev–Trinajstić information content (AvgIpc) is 2.41. The summed E-state index contributed by atoms with van der Waals surface area (Å²) in [5.41, 5.74) is 0.605. The van der Waals surface area contributed by atoms with Crippen LogP contribution in [0, 0.1) is 6.92 Å². The fourth-order valence-electron chi connectivity index (χ4n) is 1.80. The maximum atomic E-state index is 12.3. The molecule has 0 radical (unpaired) electrons. The van der Waals surface area contributed by atoms with Gasteiger partial charge in [-0.3, -0.25) is 4.72 Å². The fourth-order valence-corrected chi connectivity index (χ4v) is 3.35. The number of nitrogens with one attached hydrogen (secondary N) is 1. The van der Waals surface area contributed by atoms with Crippen LogP contribution in [0.3, 0.4) is 0 Å². The Labute approximate surface area is 127 Å². The number of carboxylic acids is 1. The SMILES string of the molecule is Cc1c(Cl)cccc1S(=O)(=O)Nc1cccc(C(=O)O)c1. The van der Waals surface area contributed by atoms with Crippen molar-refractivity contribution in [3.05, 3.63) is 58.6 Å². The van der Waals surface area contributed by atoms with E-state index < -0.39 is 16.0 Å². The smallest absolute Gasteiger partial charge is 0.335 e. The Balaban J connectivity index is 2.40. The zero-order chi connectivity index (χ0) is 15.6. The minimum atomic E-state index is -3.84. The predicted molar refractivity (Wildman–Crippen MR) is 80.4 cm³/mol. The van der Waals surface area contributed by atoms with Crippen LogP contribution in [0.15, 0.2) is 47.4 Å². The van der Waals surface area contributed by atoms with Crippen LogP contribution in [-0.4, -0.2) is 19.5 Å². The molecule has 0 unspecified atom stereocenters. The highest BCUT2D eigenvalue weighted by Crippen LogP contribution is 2.25. The third kappa shape index (κ3) is 3.34. The van der Waals surface area contributed by atoms with Crippen LogP contribution in [0.2, 0.25) is 5.02 Å². The number of anilines is 1. The van der Waals surface area contributed by atoms with Gasteiger partial charge in [0.25, 0.3) is 10.0 Å². The molecule has 0 saturated carbocycles. The van der Waals surface area contributed by atoms with Gasteiger partial charge >= 0.3 is 5.97 Å². The quantitative estimate of drug-likeness (QED) is 0.904. The van der Waals surface area contributed by atoms with E-state index in [9.17, 15) is 13.2 Å². The monoisotopic (exact) mass is 325 g/mol. The molecule has 7 heteroatoms. The minimum absolute atomic E-state index is 0.00184. The number of sulfonamides is 1. The maximum Gasteiger partial charge on any atom is 0.335 e. The van der Waals surface area contributed by atoms with Crippen molar-refractivity contribution in [2.24, 2.45) is 0 Å². The van der Waals surface area contributed by atoms with Gasteiger partial charge in [0, 0.05) is 10.7 Å². The summed E-state index contributed by atoms with van der Waals surface area (Å²) in [7, 11) is -3.84. The molecule has 2 rings (SSSR count). The first-order valence-electron chi connectivity index (χ1n) is 5.92. The minimum Gasteiger partial charge on any atom is -0.478 e. The standard InChI is InChI=1S/C14H12ClNO4S/c1-9-12(15)6-3-7-13(9)21(19,20)16-11-5-2-4-10(8-11)14(17)18/h2-8,16H,1H3,(H,17,18). The Morgan fingerprint density at radius 3 is 2.52 bits per heavy atom. The lowest BCUT2D eigenvalue weighted by Crippen LogP contribution is -2.14. The van der Waals surface area contributed by atoms with E-state index in [-0.39, 0.29) is 16.1 Å². The van der Waals surface area contributed by atoms with Crippen molar-refractivity contribution < 1.29 is 18.3 Å². The summed E-state index contributed by atoms with van der Waals surface area (Å²) in [6.45, 7) is 1.60. The van der Waals surface area contributed by atoms with Gasteiger partial charge in [0.05, 0.1) is 10.5 Å². The Morgan fingerprint density at radius 2 is 1.86 bits per heavy atom. The van der Waals surface area contributed by atoms with Crippen LogP contribution < -0.4 is 4.72 Å². The molecule has 0 amide bonds. The first kappa shape index (κ1) is 15.3. The topological polar surface area (TPSA) is 83.5 Å². The number of hydrogen-bond acceptors (Lipinski definition) is 3. The molecule has 0 aromatic heterocycles. The Kier molecular flexibility index (Phi) is 4.20. The second kappa shape index (κ2) is 5.75. The number of carboxylic acid groups (broad SMARTS) is 1. The van der Waals surface area contributed by atoms with Crippen molar-refractivity contribution in [3.63, 3.8) is 0 Å². The molecule has 0 spiro atoms. The number of aromatic carboxylic acids is 1. The Bertz CT molecular complexity index is 802. The van der Waals surface area contributed by atoms with E-state index in [0.717, 1.165) is 0 Å². The number of rotatable bonds is 4. The van der Waals surface area contributed by atoms with Gasteiger partial charge in [0.1, 0.15) is 0 Å². The molecule has 0 aliphatic heterocycles. The Morgan fingerprint density at radius 1 is 1.19 bits per heavy atom. The van der Waals surface area contributed by atoms with Gasteiger partial charge in [-0.2, -0.15) is 0 Å². The molecule has 2 N–H and O–H groups in total. The predicted octanol–water partition coefficient (Wildman–Crippen LogP) is 3.15. The van der Waals surface area contributed by atoms with Crippen molar-refractivity contribution in [2.45, 2.75) is 11.8 Å². The molecule has 110 valence electrons. The molecule has 2 aromatic carbocycles. The highest BCUT2D eigenvalue weighted by molar-refractivity contribution is 7.92. The zero-order valence-electron chi connectivity index (χ0n) is 11.0. The summed E-state index contributed by atoms with van der Waals surface area (Å²) in [5, 5.41) is 9.26. The van der Waals surface area contributed by atoms with Gasteiger partial charge in [-0.25, -0.2) is 13.2 Å². The van der Waals surface area contributed by atoms with Gasteiger partial charge in [-0.15, -0.1) is 0 Å². The molecule has 0 heterocycles.